The maximum absolute atomic E-state index is 5.94. The van der Waals surface area contributed by atoms with E-state index >= 15 is 0 Å². The summed E-state index contributed by atoms with van der Waals surface area (Å²) >= 11 is 0. The van der Waals surface area contributed by atoms with Gasteiger partial charge in [0.1, 0.15) is 17.3 Å². The van der Waals surface area contributed by atoms with Gasteiger partial charge >= 0.3 is 0 Å². The maximum atomic E-state index is 5.94. The molecule has 0 bridgehead atoms. The van der Waals surface area contributed by atoms with E-state index in [0.717, 1.165) is 28.3 Å². The van der Waals surface area contributed by atoms with Gasteiger partial charge in [-0.3, -0.25) is 5.10 Å². The maximum Gasteiger partial charge on any atom is 0.149 e. The Hall–Kier alpha value is -2.17. The van der Waals surface area contributed by atoms with E-state index < -0.39 is 0 Å². The number of hydrogen-bond donors (Lipinski definition) is 2. The molecule has 2 aromatic rings. The van der Waals surface area contributed by atoms with Crippen LogP contribution in [0.15, 0.2) is 18.2 Å². The second-order valence-corrected chi connectivity index (χ2v) is 4.59. The van der Waals surface area contributed by atoms with Crippen LogP contribution in [0.3, 0.4) is 0 Å². The van der Waals surface area contributed by atoms with Crippen LogP contribution in [0.4, 0.5) is 5.82 Å². The van der Waals surface area contributed by atoms with Gasteiger partial charge in [-0.15, -0.1) is 0 Å². The highest BCUT2D eigenvalue weighted by atomic mass is 16.5. The fraction of sp³-hybridized carbons (Fsp3) is 0.357. The smallest absolute Gasteiger partial charge is 0.149 e. The Morgan fingerprint density at radius 3 is 2.21 bits per heavy atom. The van der Waals surface area contributed by atoms with Crippen LogP contribution in [0.25, 0.3) is 11.3 Å². The molecule has 0 fully saturated rings. The minimum absolute atomic E-state index is 0.253. The molecule has 0 aliphatic heterocycles. The Morgan fingerprint density at radius 2 is 1.74 bits per heavy atom. The first kappa shape index (κ1) is 13.3. The van der Waals surface area contributed by atoms with Crippen LogP contribution in [0.1, 0.15) is 25.3 Å². The molecule has 0 spiro atoms. The van der Waals surface area contributed by atoms with Crippen LogP contribution in [0.5, 0.6) is 11.5 Å². The molecule has 5 heteroatoms. The summed E-state index contributed by atoms with van der Waals surface area (Å²) in [5.74, 6) is 2.22. The van der Waals surface area contributed by atoms with Crippen molar-refractivity contribution in [3.05, 3.63) is 23.8 Å². The zero-order valence-electron chi connectivity index (χ0n) is 11.7. The summed E-state index contributed by atoms with van der Waals surface area (Å²) < 4.78 is 10.8. The summed E-state index contributed by atoms with van der Waals surface area (Å²) in [6.45, 7) is 4.15. The van der Waals surface area contributed by atoms with Crippen LogP contribution in [-0.2, 0) is 0 Å². The molecular formula is C14H19N3O2. The topological polar surface area (TPSA) is 73.2 Å². The minimum atomic E-state index is 0.253. The van der Waals surface area contributed by atoms with Crippen molar-refractivity contribution in [2.75, 3.05) is 20.0 Å². The fourth-order valence-electron chi connectivity index (χ4n) is 2.24. The van der Waals surface area contributed by atoms with E-state index in [4.69, 9.17) is 15.2 Å². The third-order valence-electron chi connectivity index (χ3n) is 3.09. The van der Waals surface area contributed by atoms with Crippen LogP contribution in [-0.4, -0.2) is 24.4 Å². The van der Waals surface area contributed by atoms with Gasteiger partial charge in [-0.2, -0.15) is 5.10 Å². The lowest BCUT2D eigenvalue weighted by molar-refractivity contribution is 0.397. The number of anilines is 1. The molecule has 0 unspecified atom stereocenters. The number of rotatable bonds is 4. The molecule has 1 aromatic carbocycles. The molecule has 1 aromatic heterocycles. The van der Waals surface area contributed by atoms with E-state index in [1.54, 1.807) is 14.2 Å². The van der Waals surface area contributed by atoms with Gasteiger partial charge in [-0.25, -0.2) is 0 Å². The number of methoxy groups -OCH3 is 2. The quantitative estimate of drug-likeness (QED) is 0.887. The van der Waals surface area contributed by atoms with E-state index in [2.05, 4.69) is 24.0 Å². The third kappa shape index (κ3) is 2.23. The van der Waals surface area contributed by atoms with Gasteiger partial charge in [0.25, 0.3) is 0 Å². The monoisotopic (exact) mass is 261 g/mol. The minimum Gasteiger partial charge on any atom is -0.496 e. The summed E-state index contributed by atoms with van der Waals surface area (Å²) in [4.78, 5) is 0. The molecule has 1 heterocycles. The zero-order chi connectivity index (χ0) is 14.0. The van der Waals surface area contributed by atoms with Crippen molar-refractivity contribution in [2.45, 2.75) is 19.8 Å². The van der Waals surface area contributed by atoms with E-state index in [1.165, 1.54) is 0 Å². The Bertz CT molecular complexity index is 554. The average Bonchev–Trinajstić information content (AvgIpc) is 2.79. The average molecular weight is 261 g/mol. The lowest BCUT2D eigenvalue weighted by atomic mass is 9.97. The number of hydrogen-bond acceptors (Lipinski definition) is 4. The third-order valence-corrected chi connectivity index (χ3v) is 3.09. The number of H-pyrrole nitrogens is 1. The predicted octanol–water partition coefficient (Wildman–Crippen LogP) is 2.80. The van der Waals surface area contributed by atoms with Gasteiger partial charge in [0.15, 0.2) is 0 Å². The standard InChI is InChI=1S/C14H19N3O2/c1-8(2)11-13(16-17-14(11)15)12-9(18-3)6-5-7-10(12)19-4/h5-8H,1-4H3,(H3,15,16,17). The molecule has 2 rings (SSSR count). The molecule has 0 saturated heterocycles. The van der Waals surface area contributed by atoms with E-state index in [1.807, 2.05) is 18.2 Å². The summed E-state index contributed by atoms with van der Waals surface area (Å²) in [5.41, 5.74) is 8.61. The molecular weight excluding hydrogens is 242 g/mol. The van der Waals surface area contributed by atoms with E-state index in [-0.39, 0.29) is 5.92 Å². The number of nitrogens with one attached hydrogen (secondary N) is 1. The fourth-order valence-corrected chi connectivity index (χ4v) is 2.24. The van der Waals surface area contributed by atoms with Crippen molar-refractivity contribution in [1.29, 1.82) is 0 Å². The zero-order valence-corrected chi connectivity index (χ0v) is 11.7. The van der Waals surface area contributed by atoms with Crippen LogP contribution < -0.4 is 15.2 Å². The van der Waals surface area contributed by atoms with Gasteiger partial charge in [-0.1, -0.05) is 19.9 Å². The Morgan fingerprint density at radius 1 is 1.16 bits per heavy atom. The lowest BCUT2D eigenvalue weighted by Crippen LogP contribution is -1.98. The van der Waals surface area contributed by atoms with Crippen molar-refractivity contribution in [3.8, 4) is 22.8 Å². The molecule has 0 radical (unpaired) electrons. The number of benzene rings is 1. The van der Waals surface area contributed by atoms with Crippen molar-refractivity contribution >= 4 is 5.82 Å². The first-order chi connectivity index (χ1) is 9.10. The number of nitrogens with zero attached hydrogens (tertiary/aromatic N) is 1. The molecule has 0 saturated carbocycles. The number of nitrogen functional groups attached to an aromatic ring is 1. The Kier molecular flexibility index (Phi) is 3.64. The summed E-state index contributed by atoms with van der Waals surface area (Å²) in [5, 5.41) is 7.09. The van der Waals surface area contributed by atoms with Crippen molar-refractivity contribution in [3.63, 3.8) is 0 Å². The molecule has 0 aliphatic carbocycles. The van der Waals surface area contributed by atoms with Crippen LogP contribution >= 0.6 is 0 Å². The number of aromatic amines is 1. The molecule has 19 heavy (non-hydrogen) atoms. The Balaban J connectivity index is 2.71. The van der Waals surface area contributed by atoms with Crippen LogP contribution in [0, 0.1) is 0 Å². The number of ether oxygens (including phenoxy) is 2. The second kappa shape index (κ2) is 5.22. The van der Waals surface area contributed by atoms with Gasteiger partial charge in [0, 0.05) is 5.56 Å². The molecule has 0 aliphatic rings. The van der Waals surface area contributed by atoms with Gasteiger partial charge < -0.3 is 15.2 Å². The molecule has 5 nitrogen and oxygen atoms in total. The number of aromatic nitrogens is 2. The first-order valence-corrected chi connectivity index (χ1v) is 6.15. The van der Waals surface area contributed by atoms with Crippen molar-refractivity contribution < 1.29 is 9.47 Å². The summed E-state index contributed by atoms with van der Waals surface area (Å²) in [6.07, 6.45) is 0. The van der Waals surface area contributed by atoms with Gasteiger partial charge in [0.05, 0.1) is 25.5 Å². The molecule has 3 N–H and O–H groups in total. The Labute approximate surface area is 112 Å². The highest BCUT2D eigenvalue weighted by Gasteiger charge is 2.21. The predicted molar refractivity (Wildman–Crippen MR) is 75.6 cm³/mol. The number of nitrogens with two attached hydrogens (primary N) is 1. The summed E-state index contributed by atoms with van der Waals surface area (Å²) in [6, 6.07) is 5.66. The van der Waals surface area contributed by atoms with E-state index in [9.17, 15) is 0 Å². The van der Waals surface area contributed by atoms with Crippen LogP contribution in [0.2, 0.25) is 0 Å². The molecule has 0 amide bonds. The lowest BCUT2D eigenvalue weighted by Gasteiger charge is -2.14. The largest absolute Gasteiger partial charge is 0.496 e. The molecule has 102 valence electrons. The summed E-state index contributed by atoms with van der Waals surface area (Å²) in [7, 11) is 3.26. The van der Waals surface area contributed by atoms with Crippen molar-refractivity contribution in [1.82, 2.24) is 10.2 Å². The normalized spacial score (nSPS) is 10.8. The molecule has 0 atom stereocenters. The first-order valence-electron chi connectivity index (χ1n) is 6.15. The second-order valence-electron chi connectivity index (χ2n) is 4.59. The van der Waals surface area contributed by atoms with E-state index in [0.29, 0.717) is 5.82 Å². The highest BCUT2D eigenvalue weighted by Crippen LogP contribution is 2.41. The van der Waals surface area contributed by atoms with Gasteiger partial charge in [-0.05, 0) is 18.1 Å². The van der Waals surface area contributed by atoms with Crippen molar-refractivity contribution in [2.24, 2.45) is 0 Å². The van der Waals surface area contributed by atoms with Gasteiger partial charge in [0.2, 0.25) is 0 Å². The highest BCUT2D eigenvalue weighted by molar-refractivity contribution is 5.79. The SMILES string of the molecule is COc1cccc(OC)c1-c1[nH]nc(N)c1C(C)C.